The number of likely N-dealkylation sites (tertiary alicyclic amines) is 1. The summed E-state index contributed by atoms with van der Waals surface area (Å²) >= 11 is 0. The van der Waals surface area contributed by atoms with Crippen molar-refractivity contribution in [2.45, 2.75) is 45.2 Å². The molecule has 1 aliphatic heterocycles. The molecule has 1 aliphatic rings. The molecule has 4 rings (SSSR count). The van der Waals surface area contributed by atoms with E-state index in [4.69, 9.17) is 0 Å². The van der Waals surface area contributed by atoms with Gasteiger partial charge in [0.15, 0.2) is 0 Å². The zero-order valence-corrected chi connectivity index (χ0v) is 15.7. The number of imidazole rings is 1. The molecule has 0 spiro atoms. The number of nitrogens with one attached hydrogen (secondary N) is 1. The largest absolute Gasteiger partial charge is 0.329 e. The first-order chi connectivity index (χ1) is 13.1. The zero-order valence-electron chi connectivity index (χ0n) is 15.7. The van der Waals surface area contributed by atoms with E-state index in [9.17, 15) is 4.79 Å². The van der Waals surface area contributed by atoms with Crippen molar-refractivity contribution >= 4 is 5.91 Å². The van der Waals surface area contributed by atoms with Crippen LogP contribution < -0.4 is 0 Å². The second-order valence-corrected chi connectivity index (χ2v) is 7.26. The minimum Gasteiger partial charge on any atom is -0.329 e. The number of hydrogen-bond acceptors (Lipinski definition) is 4. The average molecular weight is 364 g/mol. The first-order valence-corrected chi connectivity index (χ1v) is 9.40. The van der Waals surface area contributed by atoms with E-state index in [0.717, 1.165) is 36.6 Å². The van der Waals surface area contributed by atoms with Crippen LogP contribution in [0.4, 0.5) is 0 Å². The van der Waals surface area contributed by atoms with Crippen molar-refractivity contribution in [3.63, 3.8) is 0 Å². The SMILES string of the molecule is CC(C)c1nccn1Cc1cc(C(=O)N2CCCC2c2ccccn2)n[nH]1. The summed E-state index contributed by atoms with van der Waals surface area (Å²) < 4.78 is 2.08. The molecule has 0 bridgehead atoms. The highest BCUT2D eigenvalue weighted by Crippen LogP contribution is 2.31. The molecule has 1 fully saturated rings. The highest BCUT2D eigenvalue weighted by atomic mass is 16.2. The summed E-state index contributed by atoms with van der Waals surface area (Å²) in [6, 6.07) is 7.72. The Morgan fingerprint density at radius 3 is 2.96 bits per heavy atom. The first-order valence-electron chi connectivity index (χ1n) is 9.40. The number of rotatable bonds is 5. The van der Waals surface area contributed by atoms with Crippen LogP contribution in [0.5, 0.6) is 0 Å². The number of pyridine rings is 1. The van der Waals surface area contributed by atoms with Gasteiger partial charge in [0.2, 0.25) is 0 Å². The van der Waals surface area contributed by atoms with Gasteiger partial charge in [-0.1, -0.05) is 19.9 Å². The number of carbonyl (C=O) groups excluding carboxylic acids is 1. The maximum atomic E-state index is 13.0. The Kier molecular flexibility index (Phi) is 4.75. The van der Waals surface area contributed by atoms with Gasteiger partial charge in [-0.25, -0.2) is 4.98 Å². The zero-order chi connectivity index (χ0) is 18.8. The minimum absolute atomic E-state index is 0.0278. The van der Waals surface area contributed by atoms with E-state index in [1.54, 1.807) is 12.4 Å². The summed E-state index contributed by atoms with van der Waals surface area (Å²) in [7, 11) is 0. The normalized spacial score (nSPS) is 17.0. The van der Waals surface area contributed by atoms with Crippen molar-refractivity contribution < 1.29 is 4.79 Å². The van der Waals surface area contributed by atoms with Gasteiger partial charge < -0.3 is 9.47 Å². The van der Waals surface area contributed by atoms with Crippen molar-refractivity contribution in [3.8, 4) is 0 Å². The van der Waals surface area contributed by atoms with E-state index >= 15 is 0 Å². The number of nitrogens with zero attached hydrogens (tertiary/aromatic N) is 5. The minimum atomic E-state index is -0.0413. The Morgan fingerprint density at radius 1 is 1.30 bits per heavy atom. The standard InChI is InChI=1S/C20H24N6O/c1-14(2)19-22-9-11-25(19)13-15-12-17(24-23-15)20(27)26-10-5-7-18(26)16-6-3-4-8-21-16/h3-4,6,8-9,11-12,14,18H,5,7,10,13H2,1-2H3,(H,23,24). The molecule has 1 atom stereocenters. The van der Waals surface area contributed by atoms with Crippen LogP contribution in [0.1, 0.15) is 66.3 Å². The molecule has 3 aromatic heterocycles. The molecule has 1 N–H and O–H groups in total. The fourth-order valence-electron chi connectivity index (χ4n) is 3.73. The van der Waals surface area contributed by atoms with Gasteiger partial charge >= 0.3 is 0 Å². The maximum Gasteiger partial charge on any atom is 0.274 e. The Labute approximate surface area is 158 Å². The number of aromatic nitrogens is 5. The number of carbonyl (C=O) groups is 1. The van der Waals surface area contributed by atoms with Crippen molar-refractivity contribution in [3.05, 3.63) is 65.8 Å². The number of H-pyrrole nitrogens is 1. The van der Waals surface area contributed by atoms with E-state index in [0.29, 0.717) is 18.2 Å². The van der Waals surface area contributed by atoms with Crippen molar-refractivity contribution in [1.82, 2.24) is 29.6 Å². The van der Waals surface area contributed by atoms with E-state index in [1.807, 2.05) is 35.4 Å². The Bertz CT molecular complexity index is 913. The Hall–Kier alpha value is -2.96. The lowest BCUT2D eigenvalue weighted by Crippen LogP contribution is -2.31. The van der Waals surface area contributed by atoms with Crippen LogP contribution in [0.15, 0.2) is 42.9 Å². The van der Waals surface area contributed by atoms with Crippen LogP contribution >= 0.6 is 0 Å². The fraction of sp³-hybridized carbons (Fsp3) is 0.400. The molecule has 0 aromatic carbocycles. The molecule has 1 saturated heterocycles. The van der Waals surface area contributed by atoms with Gasteiger partial charge in [-0.2, -0.15) is 5.10 Å². The van der Waals surface area contributed by atoms with Gasteiger partial charge in [0, 0.05) is 31.1 Å². The molecule has 27 heavy (non-hydrogen) atoms. The number of amides is 1. The number of aromatic amines is 1. The van der Waals surface area contributed by atoms with Crippen molar-refractivity contribution in [1.29, 1.82) is 0 Å². The molecule has 7 heteroatoms. The molecule has 1 unspecified atom stereocenters. The van der Waals surface area contributed by atoms with Crippen LogP contribution in [0.25, 0.3) is 0 Å². The summed E-state index contributed by atoms with van der Waals surface area (Å²) in [5.74, 6) is 1.32. The molecule has 1 amide bonds. The van der Waals surface area contributed by atoms with Crippen molar-refractivity contribution in [2.75, 3.05) is 6.54 Å². The second-order valence-electron chi connectivity index (χ2n) is 7.26. The highest BCUT2D eigenvalue weighted by molar-refractivity contribution is 5.92. The molecule has 0 aliphatic carbocycles. The molecule has 140 valence electrons. The first kappa shape index (κ1) is 17.5. The summed E-state index contributed by atoms with van der Waals surface area (Å²) in [4.78, 5) is 23.7. The smallest absolute Gasteiger partial charge is 0.274 e. The van der Waals surface area contributed by atoms with E-state index < -0.39 is 0 Å². The monoisotopic (exact) mass is 364 g/mol. The summed E-state index contributed by atoms with van der Waals surface area (Å²) in [5.41, 5.74) is 2.30. The van der Waals surface area contributed by atoms with E-state index in [1.165, 1.54) is 0 Å². The molecule has 0 saturated carbocycles. The van der Waals surface area contributed by atoms with E-state index in [2.05, 4.69) is 38.6 Å². The summed E-state index contributed by atoms with van der Waals surface area (Å²) in [6.45, 7) is 5.59. The van der Waals surface area contributed by atoms with Gasteiger partial charge in [-0.3, -0.25) is 14.9 Å². The Morgan fingerprint density at radius 2 is 2.19 bits per heavy atom. The molecule has 4 heterocycles. The van der Waals surface area contributed by atoms with Crippen LogP contribution in [0.2, 0.25) is 0 Å². The molecule has 7 nitrogen and oxygen atoms in total. The van der Waals surface area contributed by atoms with Gasteiger partial charge in [0.25, 0.3) is 5.91 Å². The quantitative estimate of drug-likeness (QED) is 0.754. The van der Waals surface area contributed by atoms with Crippen LogP contribution in [-0.4, -0.2) is 42.1 Å². The lowest BCUT2D eigenvalue weighted by molar-refractivity contribution is 0.0727. The van der Waals surface area contributed by atoms with Crippen LogP contribution in [-0.2, 0) is 6.54 Å². The molecular formula is C20H24N6O. The molecular weight excluding hydrogens is 340 g/mol. The second kappa shape index (κ2) is 7.34. The predicted molar refractivity (Wildman–Crippen MR) is 101 cm³/mol. The lowest BCUT2D eigenvalue weighted by Gasteiger charge is -2.23. The highest BCUT2D eigenvalue weighted by Gasteiger charge is 2.32. The average Bonchev–Trinajstić information content (AvgIpc) is 3.42. The summed E-state index contributed by atoms with van der Waals surface area (Å²) in [6.07, 6.45) is 7.46. The van der Waals surface area contributed by atoms with Crippen LogP contribution in [0.3, 0.4) is 0 Å². The van der Waals surface area contributed by atoms with E-state index in [-0.39, 0.29) is 11.9 Å². The third-order valence-electron chi connectivity index (χ3n) is 5.00. The van der Waals surface area contributed by atoms with Crippen LogP contribution in [0, 0.1) is 0 Å². The van der Waals surface area contributed by atoms with Crippen molar-refractivity contribution in [2.24, 2.45) is 0 Å². The molecule has 0 radical (unpaired) electrons. The van der Waals surface area contributed by atoms with Gasteiger partial charge in [0.05, 0.1) is 24.0 Å². The fourth-order valence-corrected chi connectivity index (χ4v) is 3.73. The molecule has 3 aromatic rings. The van der Waals surface area contributed by atoms with Gasteiger partial charge in [-0.15, -0.1) is 0 Å². The van der Waals surface area contributed by atoms with Gasteiger partial charge in [0.1, 0.15) is 11.5 Å². The topological polar surface area (TPSA) is 79.7 Å². The number of hydrogen-bond donors (Lipinski definition) is 1. The third-order valence-corrected chi connectivity index (χ3v) is 5.00. The maximum absolute atomic E-state index is 13.0. The lowest BCUT2D eigenvalue weighted by atomic mass is 10.1. The Balaban J connectivity index is 1.51. The predicted octanol–water partition coefficient (Wildman–Crippen LogP) is 3.15. The third kappa shape index (κ3) is 3.49. The van der Waals surface area contributed by atoms with Gasteiger partial charge in [-0.05, 0) is 31.0 Å². The summed E-state index contributed by atoms with van der Waals surface area (Å²) in [5, 5.41) is 7.28.